The number of hydrazine groups is 1. The highest BCUT2D eigenvalue weighted by molar-refractivity contribution is 9.10. The van der Waals surface area contributed by atoms with Gasteiger partial charge in [0, 0.05) is 10.2 Å². The Hall–Kier alpha value is -2.26. The molecule has 2 rings (SSSR count). The van der Waals surface area contributed by atoms with Crippen molar-refractivity contribution in [2.75, 3.05) is 10.7 Å². The summed E-state index contributed by atoms with van der Waals surface area (Å²) in [5.41, 5.74) is 3.54. The number of nitro groups is 1. The first-order valence-corrected chi connectivity index (χ1v) is 6.31. The van der Waals surface area contributed by atoms with Crippen LogP contribution in [0.15, 0.2) is 29.0 Å². The number of rotatable bonds is 4. The normalized spacial score (nSPS) is 10.2. The lowest BCUT2D eigenvalue weighted by atomic mass is 10.2. The van der Waals surface area contributed by atoms with Crippen LogP contribution in [0.25, 0.3) is 0 Å². The van der Waals surface area contributed by atoms with Crippen molar-refractivity contribution in [1.82, 2.24) is 9.97 Å². The number of nitrogens with two attached hydrogens (primary N) is 1. The van der Waals surface area contributed by atoms with E-state index in [2.05, 4.69) is 36.6 Å². The Morgan fingerprint density at radius 1 is 1.30 bits per heavy atom. The molecular formula is C11H11BrN6O2. The maximum atomic E-state index is 11.1. The van der Waals surface area contributed by atoms with E-state index in [-0.39, 0.29) is 17.3 Å². The largest absolute Gasteiger partial charge is 0.354 e. The Balaban J connectivity index is 2.45. The van der Waals surface area contributed by atoms with E-state index in [0.717, 1.165) is 10.0 Å². The van der Waals surface area contributed by atoms with Crippen LogP contribution < -0.4 is 16.6 Å². The van der Waals surface area contributed by atoms with Crippen LogP contribution in [0.2, 0.25) is 0 Å². The molecule has 0 saturated carbocycles. The van der Waals surface area contributed by atoms with Crippen molar-refractivity contribution >= 4 is 38.9 Å². The number of hydrogen-bond donors (Lipinski definition) is 3. The van der Waals surface area contributed by atoms with E-state index in [1.165, 1.54) is 6.33 Å². The smallest absolute Gasteiger partial charge is 0.334 e. The zero-order valence-corrected chi connectivity index (χ0v) is 12.0. The molecule has 104 valence electrons. The Bertz CT molecular complexity index is 643. The van der Waals surface area contributed by atoms with Crippen molar-refractivity contribution < 1.29 is 4.92 Å². The van der Waals surface area contributed by atoms with Gasteiger partial charge in [-0.15, -0.1) is 0 Å². The van der Waals surface area contributed by atoms with Crippen molar-refractivity contribution in [1.29, 1.82) is 0 Å². The van der Waals surface area contributed by atoms with Crippen LogP contribution >= 0.6 is 15.9 Å². The molecule has 0 fully saturated rings. The van der Waals surface area contributed by atoms with Gasteiger partial charge in [0.2, 0.25) is 11.6 Å². The minimum Gasteiger partial charge on any atom is -0.334 e. The molecule has 0 amide bonds. The van der Waals surface area contributed by atoms with E-state index in [1.807, 2.05) is 19.1 Å². The number of nitrogen functional groups attached to an aromatic ring is 1. The highest BCUT2D eigenvalue weighted by atomic mass is 79.9. The molecule has 0 unspecified atom stereocenters. The average Bonchev–Trinajstić information content (AvgIpc) is 2.36. The Kier molecular flexibility index (Phi) is 4.11. The first-order valence-electron chi connectivity index (χ1n) is 5.51. The third kappa shape index (κ3) is 3.00. The van der Waals surface area contributed by atoms with E-state index < -0.39 is 4.92 Å². The third-order valence-corrected chi connectivity index (χ3v) is 2.90. The zero-order chi connectivity index (χ0) is 14.7. The standard InChI is InChI=1S/C11H11BrN6O2/c1-6-2-7(12)4-8(3-6)16-10-9(18(19)20)11(17-13)15-5-14-10/h2-5H,13H2,1H3,(H2,14,15,16,17). The Morgan fingerprint density at radius 2 is 2.00 bits per heavy atom. The molecule has 0 spiro atoms. The van der Waals surface area contributed by atoms with E-state index in [1.54, 1.807) is 6.07 Å². The number of aryl methyl sites for hydroxylation is 1. The van der Waals surface area contributed by atoms with Gasteiger partial charge >= 0.3 is 5.69 Å². The summed E-state index contributed by atoms with van der Waals surface area (Å²) in [7, 11) is 0. The molecule has 0 bridgehead atoms. The van der Waals surface area contributed by atoms with Gasteiger partial charge in [-0.05, 0) is 30.7 Å². The van der Waals surface area contributed by atoms with Gasteiger partial charge in [0.05, 0.1) is 4.92 Å². The Labute approximate surface area is 122 Å². The number of benzene rings is 1. The molecule has 1 heterocycles. The fraction of sp³-hybridized carbons (Fsp3) is 0.0909. The maximum absolute atomic E-state index is 11.1. The fourth-order valence-electron chi connectivity index (χ4n) is 1.69. The van der Waals surface area contributed by atoms with Crippen LogP contribution in [0, 0.1) is 17.0 Å². The van der Waals surface area contributed by atoms with E-state index in [9.17, 15) is 10.1 Å². The predicted molar refractivity (Wildman–Crippen MR) is 78.7 cm³/mol. The maximum Gasteiger partial charge on any atom is 0.354 e. The van der Waals surface area contributed by atoms with Gasteiger partial charge in [-0.2, -0.15) is 0 Å². The van der Waals surface area contributed by atoms with Crippen LogP contribution in [0.5, 0.6) is 0 Å². The van der Waals surface area contributed by atoms with Crippen molar-refractivity contribution in [3.8, 4) is 0 Å². The quantitative estimate of drug-likeness (QED) is 0.445. The first-order chi connectivity index (χ1) is 9.51. The molecule has 2 aromatic rings. The van der Waals surface area contributed by atoms with Crippen molar-refractivity contribution in [2.24, 2.45) is 5.84 Å². The molecule has 0 saturated heterocycles. The average molecular weight is 339 g/mol. The second-order valence-electron chi connectivity index (χ2n) is 3.96. The molecule has 0 aliphatic rings. The van der Waals surface area contributed by atoms with Crippen molar-refractivity contribution in [3.63, 3.8) is 0 Å². The predicted octanol–water partition coefficient (Wildman–Crippen LogP) is 2.48. The first kappa shape index (κ1) is 14.2. The van der Waals surface area contributed by atoms with Crippen molar-refractivity contribution in [3.05, 3.63) is 44.7 Å². The summed E-state index contributed by atoms with van der Waals surface area (Å²) in [6.45, 7) is 1.91. The zero-order valence-electron chi connectivity index (χ0n) is 10.4. The second-order valence-corrected chi connectivity index (χ2v) is 4.88. The number of nitrogens with one attached hydrogen (secondary N) is 2. The molecule has 4 N–H and O–H groups in total. The number of anilines is 3. The number of halogens is 1. The van der Waals surface area contributed by atoms with Crippen LogP contribution in [0.1, 0.15) is 5.56 Å². The minimum atomic E-state index is -0.595. The molecule has 9 heteroatoms. The molecule has 0 atom stereocenters. The third-order valence-electron chi connectivity index (χ3n) is 2.45. The van der Waals surface area contributed by atoms with E-state index >= 15 is 0 Å². The van der Waals surface area contributed by atoms with Crippen LogP contribution in [0.3, 0.4) is 0 Å². The van der Waals surface area contributed by atoms with E-state index in [4.69, 9.17) is 5.84 Å². The summed E-state index contributed by atoms with van der Waals surface area (Å²) in [6.07, 6.45) is 1.19. The van der Waals surface area contributed by atoms with Gasteiger partial charge in [0.25, 0.3) is 0 Å². The molecule has 20 heavy (non-hydrogen) atoms. The molecule has 8 nitrogen and oxygen atoms in total. The van der Waals surface area contributed by atoms with E-state index in [0.29, 0.717) is 5.69 Å². The summed E-state index contributed by atoms with van der Waals surface area (Å²) in [5.74, 6) is 5.23. The number of aromatic nitrogens is 2. The van der Waals surface area contributed by atoms with Crippen molar-refractivity contribution in [2.45, 2.75) is 6.92 Å². The summed E-state index contributed by atoms with van der Waals surface area (Å²) in [5, 5.41) is 14.0. The number of hydrogen-bond acceptors (Lipinski definition) is 7. The highest BCUT2D eigenvalue weighted by Gasteiger charge is 2.22. The van der Waals surface area contributed by atoms with Gasteiger partial charge in [0.15, 0.2) is 0 Å². The molecule has 0 aliphatic heterocycles. The second kappa shape index (κ2) is 5.80. The monoisotopic (exact) mass is 338 g/mol. The van der Waals surface area contributed by atoms with Gasteiger partial charge in [-0.3, -0.25) is 10.1 Å². The lowest BCUT2D eigenvalue weighted by molar-refractivity contribution is -0.383. The molecule has 0 radical (unpaired) electrons. The van der Waals surface area contributed by atoms with Gasteiger partial charge < -0.3 is 10.7 Å². The Morgan fingerprint density at radius 3 is 2.60 bits per heavy atom. The molecule has 1 aromatic heterocycles. The molecule has 1 aromatic carbocycles. The van der Waals surface area contributed by atoms with Crippen LogP contribution in [-0.4, -0.2) is 14.9 Å². The van der Waals surface area contributed by atoms with Crippen LogP contribution in [-0.2, 0) is 0 Å². The van der Waals surface area contributed by atoms with Gasteiger partial charge in [-0.25, -0.2) is 15.8 Å². The van der Waals surface area contributed by atoms with Gasteiger partial charge in [-0.1, -0.05) is 15.9 Å². The topological polar surface area (TPSA) is 119 Å². The molecular weight excluding hydrogens is 328 g/mol. The summed E-state index contributed by atoms with van der Waals surface area (Å²) in [6, 6.07) is 5.55. The summed E-state index contributed by atoms with van der Waals surface area (Å²) >= 11 is 3.36. The molecule has 0 aliphatic carbocycles. The minimum absolute atomic E-state index is 0.0563. The lowest BCUT2D eigenvalue weighted by Gasteiger charge is -2.09. The number of nitrogens with zero attached hydrogens (tertiary/aromatic N) is 3. The summed E-state index contributed by atoms with van der Waals surface area (Å²) < 4.78 is 0.855. The lowest BCUT2D eigenvalue weighted by Crippen LogP contribution is -2.12. The summed E-state index contributed by atoms with van der Waals surface area (Å²) in [4.78, 5) is 18.1. The van der Waals surface area contributed by atoms with Gasteiger partial charge in [0.1, 0.15) is 6.33 Å². The SMILES string of the molecule is Cc1cc(Br)cc(Nc2ncnc(NN)c2[N+](=O)[O-])c1. The van der Waals surface area contributed by atoms with Crippen LogP contribution in [0.4, 0.5) is 23.0 Å². The highest BCUT2D eigenvalue weighted by Crippen LogP contribution is 2.31. The fourth-order valence-corrected chi connectivity index (χ4v) is 2.30.